The molecule has 0 aromatic heterocycles. The number of para-hydroxylation sites is 2. The van der Waals surface area contributed by atoms with Crippen LogP contribution in [0.4, 0.5) is 11.4 Å². The first-order valence-corrected chi connectivity index (χ1v) is 13.9. The van der Waals surface area contributed by atoms with Gasteiger partial charge in [0.25, 0.3) is 0 Å². The van der Waals surface area contributed by atoms with Gasteiger partial charge in [0.1, 0.15) is 0 Å². The van der Waals surface area contributed by atoms with Gasteiger partial charge in [-0.1, -0.05) is 50.2 Å². The molecule has 36 heavy (non-hydrogen) atoms. The SMILES string of the molecule is C[C@]12CC[C@H]3[C@@H](CC[C@H]4N(c5ccccc5)C(=O)CC[C@]34C)[C@@H]1CC[C@@H]2C(=O)N(N)c1ccccc1. The van der Waals surface area contributed by atoms with Crippen molar-refractivity contribution in [1.82, 2.24) is 0 Å². The van der Waals surface area contributed by atoms with Crippen molar-refractivity contribution in [2.45, 2.75) is 71.3 Å². The first kappa shape index (κ1) is 23.7. The largest absolute Gasteiger partial charge is 0.309 e. The maximum Gasteiger partial charge on any atom is 0.244 e. The number of fused-ring (bicyclic) bond motifs is 5. The summed E-state index contributed by atoms with van der Waals surface area (Å²) >= 11 is 0. The number of nitrogens with two attached hydrogens (primary N) is 1. The van der Waals surface area contributed by atoms with Crippen LogP contribution in [0, 0.1) is 34.5 Å². The molecular weight excluding hydrogens is 446 g/mol. The van der Waals surface area contributed by atoms with Crippen LogP contribution >= 0.6 is 0 Å². The zero-order valence-corrected chi connectivity index (χ0v) is 21.6. The van der Waals surface area contributed by atoms with E-state index in [1.807, 2.05) is 48.5 Å². The Kier molecular flexibility index (Phi) is 5.75. The quantitative estimate of drug-likeness (QED) is 0.332. The number of carbonyl (C=O) groups excluding carboxylic acids is 2. The fourth-order valence-electron chi connectivity index (χ4n) is 9.08. The summed E-state index contributed by atoms with van der Waals surface area (Å²) in [5.74, 6) is 8.47. The molecule has 4 fully saturated rings. The topological polar surface area (TPSA) is 66.6 Å². The number of hydrogen-bond donors (Lipinski definition) is 1. The van der Waals surface area contributed by atoms with E-state index < -0.39 is 0 Å². The third-order valence-electron chi connectivity index (χ3n) is 10.9. The maximum atomic E-state index is 13.6. The van der Waals surface area contributed by atoms with Crippen molar-refractivity contribution in [2.75, 3.05) is 9.91 Å². The number of benzene rings is 2. The summed E-state index contributed by atoms with van der Waals surface area (Å²) in [5, 5.41) is 1.40. The Morgan fingerprint density at radius 3 is 2.25 bits per heavy atom. The minimum atomic E-state index is -0.0204. The average Bonchev–Trinajstić information content (AvgIpc) is 3.26. The molecule has 3 aliphatic carbocycles. The van der Waals surface area contributed by atoms with Gasteiger partial charge >= 0.3 is 0 Å². The predicted octanol–water partition coefficient (Wildman–Crippen LogP) is 5.95. The van der Waals surface area contributed by atoms with Gasteiger partial charge in [0.05, 0.1) is 5.69 Å². The van der Waals surface area contributed by atoms with Crippen molar-refractivity contribution in [2.24, 2.45) is 40.3 Å². The van der Waals surface area contributed by atoms with Gasteiger partial charge in [-0.2, -0.15) is 0 Å². The molecule has 1 saturated heterocycles. The summed E-state index contributed by atoms with van der Waals surface area (Å²) < 4.78 is 0. The average molecular weight is 486 g/mol. The molecule has 4 aliphatic rings. The molecule has 1 aliphatic heterocycles. The zero-order valence-electron chi connectivity index (χ0n) is 21.6. The molecular formula is C31H39N3O2. The van der Waals surface area contributed by atoms with Crippen molar-refractivity contribution in [3.63, 3.8) is 0 Å². The lowest BCUT2D eigenvalue weighted by atomic mass is 9.46. The van der Waals surface area contributed by atoms with Gasteiger partial charge in [-0.15, -0.1) is 0 Å². The standard InChI is InChI=1S/C31H39N3O2/c1-30-19-17-25-23(24(30)14-15-26(30)29(36)34(32)22-11-7-4-8-12-22)13-16-27-31(25,2)20-18-28(35)33(27)21-9-5-3-6-10-21/h3-12,23-27H,13-20,32H2,1-2H3/t23-,24-,25-,26+,27+,30-,31+/m0/s1. The van der Waals surface area contributed by atoms with Crippen molar-refractivity contribution in [3.05, 3.63) is 60.7 Å². The first-order chi connectivity index (χ1) is 17.3. The van der Waals surface area contributed by atoms with Gasteiger partial charge in [-0.3, -0.25) is 9.59 Å². The molecule has 2 aromatic rings. The number of hydrogen-bond acceptors (Lipinski definition) is 3. The van der Waals surface area contributed by atoms with Crippen molar-refractivity contribution in [1.29, 1.82) is 0 Å². The lowest BCUT2D eigenvalue weighted by molar-refractivity contribution is -0.136. The molecule has 1 heterocycles. The molecule has 5 heteroatoms. The zero-order chi connectivity index (χ0) is 25.1. The van der Waals surface area contributed by atoms with E-state index in [9.17, 15) is 9.59 Å². The van der Waals surface area contributed by atoms with Gasteiger partial charge in [-0.25, -0.2) is 10.9 Å². The Bertz CT molecular complexity index is 1140. The number of anilines is 2. The molecule has 2 amide bonds. The summed E-state index contributed by atoms with van der Waals surface area (Å²) in [5.41, 5.74) is 1.94. The molecule has 0 bridgehead atoms. The molecule has 0 radical (unpaired) electrons. The Hall–Kier alpha value is -2.66. The van der Waals surface area contributed by atoms with Gasteiger partial charge in [0.15, 0.2) is 0 Å². The van der Waals surface area contributed by atoms with Crippen LogP contribution in [0.1, 0.15) is 65.2 Å². The lowest BCUT2D eigenvalue weighted by Gasteiger charge is -2.62. The molecule has 6 rings (SSSR count). The highest BCUT2D eigenvalue weighted by molar-refractivity contribution is 5.95. The first-order valence-electron chi connectivity index (χ1n) is 13.9. The van der Waals surface area contributed by atoms with Crippen LogP contribution in [0.2, 0.25) is 0 Å². The number of hydrazine groups is 1. The van der Waals surface area contributed by atoms with Crippen LogP contribution < -0.4 is 15.8 Å². The minimum Gasteiger partial charge on any atom is -0.309 e. The molecule has 0 spiro atoms. The van der Waals surface area contributed by atoms with Gasteiger partial charge in [0, 0.05) is 24.1 Å². The van der Waals surface area contributed by atoms with Crippen molar-refractivity contribution >= 4 is 23.2 Å². The van der Waals surface area contributed by atoms with E-state index in [2.05, 4.69) is 30.9 Å². The Labute approximate surface area is 215 Å². The number of carbonyl (C=O) groups is 2. The third kappa shape index (κ3) is 3.46. The van der Waals surface area contributed by atoms with Crippen molar-refractivity contribution < 1.29 is 9.59 Å². The molecule has 190 valence electrons. The third-order valence-corrected chi connectivity index (χ3v) is 10.9. The normalized spacial score (nSPS) is 37.6. The summed E-state index contributed by atoms with van der Waals surface area (Å²) in [4.78, 5) is 28.9. The summed E-state index contributed by atoms with van der Waals surface area (Å²) in [6.45, 7) is 4.84. The molecule has 2 N–H and O–H groups in total. The Balaban J connectivity index is 1.26. The van der Waals surface area contributed by atoms with E-state index in [0.29, 0.717) is 24.2 Å². The second-order valence-electron chi connectivity index (χ2n) is 12.3. The van der Waals surface area contributed by atoms with E-state index in [4.69, 9.17) is 5.84 Å². The minimum absolute atomic E-state index is 0.00253. The van der Waals surface area contributed by atoms with E-state index in [-0.39, 0.29) is 34.6 Å². The van der Waals surface area contributed by atoms with E-state index in [0.717, 1.165) is 56.3 Å². The van der Waals surface area contributed by atoms with Crippen LogP contribution in [0.5, 0.6) is 0 Å². The van der Waals surface area contributed by atoms with Gasteiger partial charge < -0.3 is 4.90 Å². The number of amides is 2. The number of nitrogens with zero attached hydrogens (tertiary/aromatic N) is 2. The second-order valence-corrected chi connectivity index (χ2v) is 12.3. The molecule has 5 nitrogen and oxygen atoms in total. The second kappa shape index (κ2) is 8.72. The molecule has 7 atom stereocenters. The van der Waals surface area contributed by atoms with Gasteiger partial charge in [0.2, 0.25) is 11.8 Å². The molecule has 2 aromatic carbocycles. The van der Waals surface area contributed by atoms with Crippen LogP contribution in [-0.2, 0) is 9.59 Å². The summed E-state index contributed by atoms with van der Waals surface area (Å²) in [6.07, 6.45) is 8.06. The van der Waals surface area contributed by atoms with E-state index in [1.165, 1.54) is 5.01 Å². The Morgan fingerprint density at radius 1 is 0.861 bits per heavy atom. The fourth-order valence-corrected chi connectivity index (χ4v) is 9.08. The lowest BCUT2D eigenvalue weighted by Crippen LogP contribution is -2.62. The summed E-state index contributed by atoms with van der Waals surface area (Å²) in [7, 11) is 0. The van der Waals surface area contributed by atoms with Crippen molar-refractivity contribution in [3.8, 4) is 0 Å². The van der Waals surface area contributed by atoms with Crippen LogP contribution in [0.25, 0.3) is 0 Å². The van der Waals surface area contributed by atoms with Crippen LogP contribution in [-0.4, -0.2) is 17.9 Å². The smallest absolute Gasteiger partial charge is 0.244 e. The number of rotatable bonds is 3. The monoisotopic (exact) mass is 485 g/mol. The Morgan fingerprint density at radius 2 is 1.53 bits per heavy atom. The molecule has 3 saturated carbocycles. The highest BCUT2D eigenvalue weighted by Gasteiger charge is 2.62. The number of piperidine rings is 1. The highest BCUT2D eigenvalue weighted by Crippen LogP contribution is 2.66. The van der Waals surface area contributed by atoms with E-state index in [1.54, 1.807) is 0 Å². The maximum absolute atomic E-state index is 13.6. The van der Waals surface area contributed by atoms with Crippen LogP contribution in [0.15, 0.2) is 60.7 Å². The fraction of sp³-hybridized carbons (Fsp3) is 0.548. The van der Waals surface area contributed by atoms with Crippen LogP contribution in [0.3, 0.4) is 0 Å². The summed E-state index contributed by atoms with van der Waals surface area (Å²) in [6, 6.07) is 20.2. The highest BCUT2D eigenvalue weighted by atomic mass is 16.2. The predicted molar refractivity (Wildman–Crippen MR) is 143 cm³/mol. The van der Waals surface area contributed by atoms with E-state index >= 15 is 0 Å². The van der Waals surface area contributed by atoms with Gasteiger partial charge in [-0.05, 0) is 97.8 Å². The molecule has 0 unspecified atom stereocenters.